The first-order chi connectivity index (χ1) is 15.6. The summed E-state index contributed by atoms with van der Waals surface area (Å²) in [6.07, 6.45) is 0.213. The van der Waals surface area contributed by atoms with E-state index in [4.69, 9.17) is 9.47 Å². The van der Waals surface area contributed by atoms with E-state index in [1.54, 1.807) is 26.4 Å². The zero-order chi connectivity index (χ0) is 22.5. The van der Waals surface area contributed by atoms with Crippen LogP contribution in [0.3, 0.4) is 0 Å². The Balaban J connectivity index is 1.66. The van der Waals surface area contributed by atoms with Crippen molar-refractivity contribution < 1.29 is 18.7 Å². The summed E-state index contributed by atoms with van der Waals surface area (Å²) in [7, 11) is 3.15. The van der Waals surface area contributed by atoms with Gasteiger partial charge >= 0.3 is 0 Å². The van der Waals surface area contributed by atoms with Crippen molar-refractivity contribution in [3.8, 4) is 11.5 Å². The second-order valence-electron chi connectivity index (χ2n) is 7.51. The number of anilines is 1. The van der Waals surface area contributed by atoms with Gasteiger partial charge in [-0.2, -0.15) is 0 Å². The van der Waals surface area contributed by atoms with Gasteiger partial charge in [0.05, 0.1) is 20.3 Å². The summed E-state index contributed by atoms with van der Waals surface area (Å²) in [5.74, 6) is 0.877. The van der Waals surface area contributed by atoms with E-state index in [0.717, 1.165) is 22.0 Å². The molecule has 0 fully saturated rings. The number of hydrogen-bond donors (Lipinski definition) is 1. The number of nitrogens with one attached hydrogen (secondary N) is 1. The molecule has 4 rings (SSSR count). The number of Topliss-reactive ketones (excluding diaryl/α,β-unsaturated/α-hetero) is 1. The van der Waals surface area contributed by atoms with E-state index in [1.165, 1.54) is 12.1 Å². The van der Waals surface area contributed by atoms with Crippen molar-refractivity contribution in [1.29, 1.82) is 0 Å². The van der Waals surface area contributed by atoms with Crippen molar-refractivity contribution in [2.45, 2.75) is 12.5 Å². The van der Waals surface area contributed by atoms with Crippen LogP contribution in [-0.4, -0.2) is 20.0 Å². The van der Waals surface area contributed by atoms with Crippen molar-refractivity contribution in [2.75, 3.05) is 19.5 Å². The van der Waals surface area contributed by atoms with Crippen LogP contribution in [0.5, 0.6) is 11.5 Å². The fourth-order valence-corrected chi connectivity index (χ4v) is 3.74. The molecule has 0 bridgehead atoms. The van der Waals surface area contributed by atoms with E-state index in [1.807, 2.05) is 60.7 Å². The second-order valence-corrected chi connectivity index (χ2v) is 7.51. The van der Waals surface area contributed by atoms with Gasteiger partial charge in [-0.15, -0.1) is 0 Å². The number of rotatable bonds is 8. The van der Waals surface area contributed by atoms with Gasteiger partial charge in [-0.3, -0.25) is 4.79 Å². The highest BCUT2D eigenvalue weighted by atomic mass is 19.1. The highest BCUT2D eigenvalue weighted by Crippen LogP contribution is 2.33. The number of carbonyl (C=O) groups is 1. The molecule has 0 saturated carbocycles. The Labute approximate surface area is 186 Å². The van der Waals surface area contributed by atoms with Crippen molar-refractivity contribution >= 4 is 22.2 Å². The van der Waals surface area contributed by atoms with Crippen LogP contribution in [0.2, 0.25) is 0 Å². The molecule has 0 aromatic heterocycles. The molecule has 32 heavy (non-hydrogen) atoms. The number of benzene rings is 4. The van der Waals surface area contributed by atoms with E-state index >= 15 is 0 Å². The summed E-state index contributed by atoms with van der Waals surface area (Å²) in [4.78, 5) is 13.2. The monoisotopic (exact) mass is 429 g/mol. The van der Waals surface area contributed by atoms with Gasteiger partial charge in [-0.05, 0) is 58.8 Å². The van der Waals surface area contributed by atoms with Crippen LogP contribution in [0, 0.1) is 5.82 Å². The fourth-order valence-electron chi connectivity index (χ4n) is 3.74. The van der Waals surface area contributed by atoms with Crippen LogP contribution in [-0.2, 0) is 0 Å². The molecule has 0 amide bonds. The predicted octanol–water partition coefficient (Wildman–Crippen LogP) is 6.42. The SMILES string of the molecule is COc1ccc(C(CC(=O)c2ccc3ccccc3c2)Nc2ccc(F)cc2)cc1OC. The number of halogens is 1. The molecular weight excluding hydrogens is 405 g/mol. The highest BCUT2D eigenvalue weighted by Gasteiger charge is 2.20. The maximum Gasteiger partial charge on any atom is 0.165 e. The first-order valence-electron chi connectivity index (χ1n) is 10.3. The van der Waals surface area contributed by atoms with Crippen LogP contribution in [0.1, 0.15) is 28.4 Å². The van der Waals surface area contributed by atoms with Crippen LogP contribution < -0.4 is 14.8 Å². The minimum absolute atomic E-state index is 0.00477. The van der Waals surface area contributed by atoms with Gasteiger partial charge < -0.3 is 14.8 Å². The number of hydrogen-bond acceptors (Lipinski definition) is 4. The summed E-state index contributed by atoms with van der Waals surface area (Å²) >= 11 is 0. The second kappa shape index (κ2) is 9.52. The smallest absolute Gasteiger partial charge is 0.165 e. The average Bonchev–Trinajstić information content (AvgIpc) is 2.84. The molecule has 1 unspecified atom stereocenters. The molecule has 1 atom stereocenters. The molecule has 4 aromatic carbocycles. The number of methoxy groups -OCH3 is 2. The zero-order valence-corrected chi connectivity index (χ0v) is 18.0. The number of ether oxygens (including phenoxy) is 2. The molecule has 0 aliphatic heterocycles. The lowest BCUT2D eigenvalue weighted by Gasteiger charge is -2.21. The lowest BCUT2D eigenvalue weighted by atomic mass is 9.96. The largest absolute Gasteiger partial charge is 0.493 e. The van der Waals surface area contributed by atoms with Crippen LogP contribution in [0.4, 0.5) is 10.1 Å². The number of ketones is 1. The van der Waals surface area contributed by atoms with E-state index in [2.05, 4.69) is 5.32 Å². The molecule has 0 aliphatic carbocycles. The van der Waals surface area contributed by atoms with E-state index in [0.29, 0.717) is 17.1 Å². The van der Waals surface area contributed by atoms with Gasteiger partial charge in [0.25, 0.3) is 0 Å². The summed E-state index contributed by atoms with van der Waals surface area (Å²) in [5, 5.41) is 5.47. The van der Waals surface area contributed by atoms with Gasteiger partial charge in [0.15, 0.2) is 17.3 Å². The molecule has 162 valence electrons. The summed E-state index contributed by atoms with van der Waals surface area (Å²) in [5.41, 5.74) is 2.23. The molecule has 1 N–H and O–H groups in total. The van der Waals surface area contributed by atoms with Gasteiger partial charge in [0.2, 0.25) is 0 Å². The normalized spacial score (nSPS) is 11.7. The minimum atomic E-state index is -0.348. The fraction of sp³-hybridized carbons (Fsp3) is 0.148. The van der Waals surface area contributed by atoms with Crippen LogP contribution in [0.25, 0.3) is 10.8 Å². The molecule has 4 aromatic rings. The Bertz CT molecular complexity index is 1240. The Morgan fingerprint density at radius 2 is 1.56 bits per heavy atom. The molecule has 0 spiro atoms. The molecule has 0 saturated heterocycles. The maximum absolute atomic E-state index is 13.4. The average molecular weight is 429 g/mol. The summed E-state index contributed by atoms with van der Waals surface area (Å²) in [6.45, 7) is 0. The van der Waals surface area contributed by atoms with Gasteiger partial charge in [-0.1, -0.05) is 42.5 Å². The molecular formula is C27H24FNO3. The maximum atomic E-state index is 13.4. The molecule has 0 heterocycles. The third-order valence-corrected chi connectivity index (χ3v) is 5.46. The van der Waals surface area contributed by atoms with E-state index < -0.39 is 0 Å². The Kier molecular flexibility index (Phi) is 6.36. The molecule has 5 heteroatoms. The quantitative estimate of drug-likeness (QED) is 0.328. The van der Waals surface area contributed by atoms with Crippen LogP contribution >= 0.6 is 0 Å². The van der Waals surface area contributed by atoms with Gasteiger partial charge in [0.1, 0.15) is 5.82 Å². The topological polar surface area (TPSA) is 47.6 Å². The van der Waals surface area contributed by atoms with E-state index in [-0.39, 0.29) is 24.1 Å². The van der Waals surface area contributed by atoms with E-state index in [9.17, 15) is 9.18 Å². The third kappa shape index (κ3) is 4.72. The molecule has 4 nitrogen and oxygen atoms in total. The molecule has 0 radical (unpaired) electrons. The number of carbonyl (C=O) groups excluding carboxylic acids is 1. The zero-order valence-electron chi connectivity index (χ0n) is 18.0. The Morgan fingerprint density at radius 1 is 0.844 bits per heavy atom. The highest BCUT2D eigenvalue weighted by molar-refractivity contribution is 6.00. The summed E-state index contributed by atoms with van der Waals surface area (Å²) < 4.78 is 24.2. The number of fused-ring (bicyclic) bond motifs is 1. The lowest BCUT2D eigenvalue weighted by molar-refractivity contribution is 0.0976. The first kappa shape index (κ1) is 21.4. The van der Waals surface area contributed by atoms with Gasteiger partial charge in [0, 0.05) is 17.7 Å². The first-order valence-corrected chi connectivity index (χ1v) is 10.3. The Morgan fingerprint density at radius 3 is 2.28 bits per heavy atom. The predicted molar refractivity (Wildman–Crippen MR) is 125 cm³/mol. The lowest BCUT2D eigenvalue weighted by Crippen LogP contribution is -2.16. The van der Waals surface area contributed by atoms with Crippen molar-refractivity contribution in [3.63, 3.8) is 0 Å². The Hall–Kier alpha value is -3.86. The standard InChI is InChI=1S/C27H24FNO3/c1-31-26-14-9-20(16-27(26)32-2)24(29-23-12-10-22(28)11-13-23)17-25(30)21-8-7-18-5-3-4-6-19(18)15-21/h3-16,24,29H,17H2,1-2H3. The van der Waals surface area contributed by atoms with Crippen molar-refractivity contribution in [2.24, 2.45) is 0 Å². The van der Waals surface area contributed by atoms with Crippen molar-refractivity contribution in [3.05, 3.63) is 102 Å². The summed E-state index contributed by atoms with van der Waals surface area (Å²) in [6, 6.07) is 25.0. The third-order valence-electron chi connectivity index (χ3n) is 5.46. The molecule has 0 aliphatic rings. The van der Waals surface area contributed by atoms with Gasteiger partial charge in [-0.25, -0.2) is 4.39 Å². The van der Waals surface area contributed by atoms with Crippen LogP contribution in [0.15, 0.2) is 84.9 Å². The van der Waals surface area contributed by atoms with Crippen molar-refractivity contribution in [1.82, 2.24) is 0 Å². The minimum Gasteiger partial charge on any atom is -0.493 e.